The Labute approximate surface area is 109 Å². The van der Waals surface area contributed by atoms with Crippen molar-refractivity contribution in [1.82, 2.24) is 9.55 Å². The Morgan fingerprint density at radius 1 is 1.25 bits per heavy atom. The summed E-state index contributed by atoms with van der Waals surface area (Å²) in [7, 11) is 0. The van der Waals surface area contributed by atoms with E-state index in [0.717, 1.165) is 29.0 Å². The second-order valence-corrected chi connectivity index (χ2v) is 3.76. The van der Waals surface area contributed by atoms with Crippen LogP contribution in [0.25, 0.3) is 5.82 Å². The molecule has 0 bridgehead atoms. The SMILES string of the molecule is O=c1ccn(-c2ccc(C(F)(F)F)cn2)cc1[N+](=O)[O-]. The van der Waals surface area contributed by atoms with E-state index in [0.29, 0.717) is 6.20 Å². The van der Waals surface area contributed by atoms with Crippen LogP contribution in [0.3, 0.4) is 0 Å². The van der Waals surface area contributed by atoms with Crippen molar-refractivity contribution in [2.45, 2.75) is 6.18 Å². The minimum absolute atomic E-state index is 0.0288. The first kappa shape index (κ1) is 13.7. The van der Waals surface area contributed by atoms with Crippen molar-refractivity contribution in [3.05, 3.63) is 62.7 Å². The van der Waals surface area contributed by atoms with Crippen molar-refractivity contribution < 1.29 is 18.1 Å². The van der Waals surface area contributed by atoms with Crippen LogP contribution in [0.4, 0.5) is 18.9 Å². The molecule has 2 rings (SSSR count). The molecule has 0 fully saturated rings. The smallest absolute Gasteiger partial charge is 0.302 e. The van der Waals surface area contributed by atoms with Crippen LogP contribution in [-0.2, 0) is 6.18 Å². The number of hydrogen-bond donors (Lipinski definition) is 0. The molecule has 2 aromatic heterocycles. The molecule has 6 nitrogen and oxygen atoms in total. The average Bonchev–Trinajstić information content (AvgIpc) is 2.38. The highest BCUT2D eigenvalue weighted by Gasteiger charge is 2.30. The fourth-order valence-corrected chi connectivity index (χ4v) is 1.46. The van der Waals surface area contributed by atoms with E-state index in [9.17, 15) is 28.1 Å². The van der Waals surface area contributed by atoms with Gasteiger partial charge in [0, 0.05) is 18.5 Å². The number of alkyl halides is 3. The monoisotopic (exact) mass is 285 g/mol. The number of nitro groups is 1. The van der Waals surface area contributed by atoms with E-state index in [4.69, 9.17) is 0 Å². The Bertz CT molecular complexity index is 707. The minimum atomic E-state index is -4.51. The van der Waals surface area contributed by atoms with E-state index in [1.807, 2.05) is 0 Å². The van der Waals surface area contributed by atoms with Gasteiger partial charge in [-0.1, -0.05) is 0 Å². The molecule has 0 saturated heterocycles. The molecule has 0 N–H and O–H groups in total. The normalized spacial score (nSPS) is 11.3. The van der Waals surface area contributed by atoms with Crippen molar-refractivity contribution in [2.24, 2.45) is 0 Å². The van der Waals surface area contributed by atoms with Gasteiger partial charge in [-0.05, 0) is 12.1 Å². The number of halogens is 3. The van der Waals surface area contributed by atoms with Gasteiger partial charge in [0.2, 0.25) is 0 Å². The molecule has 0 aliphatic heterocycles. The van der Waals surface area contributed by atoms with Crippen LogP contribution >= 0.6 is 0 Å². The second kappa shape index (κ2) is 4.76. The number of aromatic nitrogens is 2. The van der Waals surface area contributed by atoms with Crippen LogP contribution in [0, 0.1) is 10.1 Å². The van der Waals surface area contributed by atoms with Gasteiger partial charge >= 0.3 is 11.9 Å². The predicted octanol–water partition coefficient (Wildman–Crippen LogP) is 2.16. The first-order valence-electron chi connectivity index (χ1n) is 5.19. The summed E-state index contributed by atoms with van der Waals surface area (Å²) in [4.78, 5) is 24.5. The topological polar surface area (TPSA) is 78.0 Å². The standard InChI is InChI=1S/C11H6F3N3O3/c12-11(13,14)7-1-2-10(15-5-7)16-4-3-9(18)8(6-16)17(19)20/h1-6H. The summed E-state index contributed by atoms with van der Waals surface area (Å²) in [5.74, 6) is 0.0288. The lowest BCUT2D eigenvalue weighted by molar-refractivity contribution is -0.386. The van der Waals surface area contributed by atoms with Gasteiger partial charge in [-0.3, -0.25) is 14.9 Å². The minimum Gasteiger partial charge on any atom is -0.302 e. The third-order valence-electron chi connectivity index (χ3n) is 2.44. The van der Waals surface area contributed by atoms with E-state index < -0.39 is 27.8 Å². The van der Waals surface area contributed by atoms with Gasteiger partial charge in [0.25, 0.3) is 5.43 Å². The van der Waals surface area contributed by atoms with Gasteiger partial charge in [-0.2, -0.15) is 13.2 Å². The van der Waals surface area contributed by atoms with Crippen molar-refractivity contribution in [3.63, 3.8) is 0 Å². The molecular formula is C11H6F3N3O3. The van der Waals surface area contributed by atoms with E-state index in [-0.39, 0.29) is 5.82 Å². The quantitative estimate of drug-likeness (QED) is 0.625. The molecule has 0 radical (unpaired) electrons. The predicted molar refractivity (Wildman–Crippen MR) is 61.5 cm³/mol. The number of nitrogens with zero attached hydrogens (tertiary/aromatic N) is 3. The third kappa shape index (κ3) is 2.66. The van der Waals surface area contributed by atoms with Crippen LogP contribution < -0.4 is 5.43 Å². The zero-order chi connectivity index (χ0) is 14.9. The summed E-state index contributed by atoms with van der Waals surface area (Å²) in [5, 5.41) is 10.6. The van der Waals surface area contributed by atoms with Crippen LogP contribution in [-0.4, -0.2) is 14.5 Å². The van der Waals surface area contributed by atoms with Crippen LogP contribution in [0.15, 0.2) is 41.6 Å². The van der Waals surface area contributed by atoms with E-state index in [1.165, 1.54) is 6.20 Å². The molecule has 9 heteroatoms. The van der Waals surface area contributed by atoms with E-state index >= 15 is 0 Å². The van der Waals surface area contributed by atoms with Gasteiger partial charge in [-0.15, -0.1) is 0 Å². The molecule has 0 aliphatic rings. The lowest BCUT2D eigenvalue weighted by Crippen LogP contribution is -2.11. The summed E-state index contributed by atoms with van der Waals surface area (Å²) in [5.41, 5.74) is -2.41. The molecule has 0 amide bonds. The molecule has 0 saturated carbocycles. The molecule has 0 aromatic carbocycles. The Morgan fingerprint density at radius 2 is 1.95 bits per heavy atom. The third-order valence-corrected chi connectivity index (χ3v) is 2.44. The molecule has 20 heavy (non-hydrogen) atoms. The largest absolute Gasteiger partial charge is 0.417 e. The summed E-state index contributed by atoms with van der Waals surface area (Å²) in [6.45, 7) is 0. The number of pyridine rings is 2. The Hall–Kier alpha value is -2.71. The van der Waals surface area contributed by atoms with E-state index in [1.54, 1.807) is 0 Å². The maximum absolute atomic E-state index is 12.4. The van der Waals surface area contributed by atoms with Crippen molar-refractivity contribution in [2.75, 3.05) is 0 Å². The average molecular weight is 285 g/mol. The Balaban J connectivity index is 2.45. The van der Waals surface area contributed by atoms with Crippen molar-refractivity contribution in [1.29, 1.82) is 0 Å². The van der Waals surface area contributed by atoms with Crippen LogP contribution in [0.1, 0.15) is 5.56 Å². The maximum atomic E-state index is 12.4. The van der Waals surface area contributed by atoms with Gasteiger partial charge in [0.1, 0.15) is 5.82 Å². The molecular weight excluding hydrogens is 279 g/mol. The zero-order valence-corrected chi connectivity index (χ0v) is 9.66. The van der Waals surface area contributed by atoms with Crippen LogP contribution in [0.2, 0.25) is 0 Å². The summed E-state index contributed by atoms with van der Waals surface area (Å²) >= 11 is 0. The number of rotatable bonds is 2. The zero-order valence-electron chi connectivity index (χ0n) is 9.66. The molecule has 0 atom stereocenters. The van der Waals surface area contributed by atoms with Gasteiger partial charge in [0.15, 0.2) is 0 Å². The highest BCUT2D eigenvalue weighted by Crippen LogP contribution is 2.28. The molecule has 2 heterocycles. The summed E-state index contributed by atoms with van der Waals surface area (Å²) in [6.07, 6.45) is -1.82. The molecule has 104 valence electrons. The second-order valence-electron chi connectivity index (χ2n) is 3.76. The molecule has 0 unspecified atom stereocenters. The lowest BCUT2D eigenvalue weighted by Gasteiger charge is -2.08. The van der Waals surface area contributed by atoms with E-state index in [2.05, 4.69) is 4.98 Å². The maximum Gasteiger partial charge on any atom is 0.417 e. The van der Waals surface area contributed by atoms with Crippen molar-refractivity contribution in [3.8, 4) is 5.82 Å². The molecule has 0 spiro atoms. The molecule has 0 aliphatic carbocycles. The Morgan fingerprint density at radius 3 is 2.45 bits per heavy atom. The first-order chi connectivity index (χ1) is 9.29. The highest BCUT2D eigenvalue weighted by molar-refractivity contribution is 5.33. The molecule has 2 aromatic rings. The summed E-state index contributed by atoms with van der Waals surface area (Å²) in [6, 6.07) is 2.79. The highest BCUT2D eigenvalue weighted by atomic mass is 19.4. The fraction of sp³-hybridized carbons (Fsp3) is 0.0909. The van der Waals surface area contributed by atoms with Gasteiger partial charge in [-0.25, -0.2) is 4.98 Å². The van der Waals surface area contributed by atoms with Crippen LogP contribution in [0.5, 0.6) is 0 Å². The first-order valence-corrected chi connectivity index (χ1v) is 5.19. The lowest BCUT2D eigenvalue weighted by atomic mass is 10.3. The number of hydrogen-bond acceptors (Lipinski definition) is 4. The van der Waals surface area contributed by atoms with Gasteiger partial charge in [0.05, 0.1) is 16.7 Å². The summed E-state index contributed by atoms with van der Waals surface area (Å²) < 4.78 is 38.2. The van der Waals surface area contributed by atoms with Gasteiger partial charge < -0.3 is 4.57 Å². The Kier molecular flexibility index (Phi) is 3.26. The fourth-order valence-electron chi connectivity index (χ4n) is 1.46. The van der Waals surface area contributed by atoms with Crippen molar-refractivity contribution >= 4 is 5.69 Å².